The third-order valence-electron chi connectivity index (χ3n) is 2.51. The molecule has 3 nitrogen and oxygen atoms in total. The Labute approximate surface area is 104 Å². The summed E-state index contributed by atoms with van der Waals surface area (Å²) in [5.41, 5.74) is 2.09. The molecule has 0 saturated carbocycles. The normalized spacial score (nSPS) is 10.1. The van der Waals surface area contributed by atoms with Crippen LogP contribution in [0, 0.1) is 12.7 Å². The summed E-state index contributed by atoms with van der Waals surface area (Å²) >= 11 is 0. The van der Waals surface area contributed by atoms with Gasteiger partial charge < -0.3 is 4.74 Å². The van der Waals surface area contributed by atoms with Gasteiger partial charge in [0.1, 0.15) is 23.9 Å². The van der Waals surface area contributed by atoms with E-state index in [1.54, 1.807) is 18.2 Å². The van der Waals surface area contributed by atoms with Gasteiger partial charge in [-0.15, -0.1) is 0 Å². The van der Waals surface area contributed by atoms with Gasteiger partial charge in [0.2, 0.25) is 0 Å². The Kier molecular flexibility index (Phi) is 3.67. The highest BCUT2D eigenvalue weighted by Gasteiger charge is 2.03. The first kappa shape index (κ1) is 12.2. The molecule has 0 bridgehead atoms. The van der Waals surface area contributed by atoms with E-state index in [1.807, 2.05) is 6.92 Å². The first-order chi connectivity index (χ1) is 8.69. The van der Waals surface area contributed by atoms with Crippen LogP contribution in [0.15, 0.2) is 36.5 Å². The second-order valence-electron chi connectivity index (χ2n) is 3.91. The maximum absolute atomic E-state index is 12.7. The standard InChI is InChI=1S/C14H12FNO2/c1-10-6-13(8-17)16-7-14(10)18-9-11-2-4-12(15)5-3-11/h2-8H,9H2,1H3. The summed E-state index contributed by atoms with van der Waals surface area (Å²) in [6.45, 7) is 2.18. The number of benzene rings is 1. The molecule has 0 aliphatic rings. The molecule has 0 saturated heterocycles. The summed E-state index contributed by atoms with van der Waals surface area (Å²) in [5.74, 6) is 0.344. The Hall–Kier alpha value is -2.23. The highest BCUT2D eigenvalue weighted by molar-refractivity contribution is 5.72. The van der Waals surface area contributed by atoms with Crippen LogP contribution in [-0.2, 0) is 6.61 Å². The predicted molar refractivity (Wildman–Crippen MR) is 65.1 cm³/mol. The van der Waals surface area contributed by atoms with Crippen molar-refractivity contribution in [2.24, 2.45) is 0 Å². The van der Waals surface area contributed by atoms with E-state index < -0.39 is 0 Å². The summed E-state index contributed by atoms with van der Waals surface area (Å²) in [5, 5.41) is 0. The summed E-state index contributed by atoms with van der Waals surface area (Å²) in [7, 11) is 0. The Balaban J connectivity index is 2.06. The van der Waals surface area contributed by atoms with Gasteiger partial charge in [0.15, 0.2) is 6.29 Å². The molecule has 18 heavy (non-hydrogen) atoms. The van der Waals surface area contributed by atoms with Crippen LogP contribution in [0.25, 0.3) is 0 Å². The van der Waals surface area contributed by atoms with E-state index in [4.69, 9.17) is 4.74 Å². The Morgan fingerprint density at radius 3 is 2.67 bits per heavy atom. The minimum absolute atomic E-state index is 0.271. The molecule has 0 N–H and O–H groups in total. The van der Waals surface area contributed by atoms with Crippen molar-refractivity contribution < 1.29 is 13.9 Å². The number of carbonyl (C=O) groups is 1. The first-order valence-corrected chi connectivity index (χ1v) is 5.48. The quantitative estimate of drug-likeness (QED) is 0.777. The fraction of sp³-hybridized carbons (Fsp3) is 0.143. The topological polar surface area (TPSA) is 39.2 Å². The fourth-order valence-electron chi connectivity index (χ4n) is 1.52. The molecule has 1 heterocycles. The van der Waals surface area contributed by atoms with Gasteiger partial charge in [0.25, 0.3) is 0 Å². The van der Waals surface area contributed by atoms with Crippen molar-refractivity contribution in [2.75, 3.05) is 0 Å². The van der Waals surface area contributed by atoms with Crippen LogP contribution in [0.3, 0.4) is 0 Å². The van der Waals surface area contributed by atoms with Gasteiger partial charge in [-0.25, -0.2) is 9.37 Å². The van der Waals surface area contributed by atoms with E-state index in [0.29, 0.717) is 24.3 Å². The lowest BCUT2D eigenvalue weighted by molar-refractivity contribution is 0.111. The van der Waals surface area contributed by atoms with Crippen LogP contribution in [0.5, 0.6) is 5.75 Å². The van der Waals surface area contributed by atoms with E-state index >= 15 is 0 Å². The third-order valence-corrected chi connectivity index (χ3v) is 2.51. The zero-order chi connectivity index (χ0) is 13.0. The molecule has 0 aliphatic carbocycles. The molecule has 1 aromatic heterocycles. The zero-order valence-electron chi connectivity index (χ0n) is 9.89. The first-order valence-electron chi connectivity index (χ1n) is 5.48. The molecule has 0 amide bonds. The number of hydrogen-bond acceptors (Lipinski definition) is 3. The highest BCUT2D eigenvalue weighted by atomic mass is 19.1. The second kappa shape index (κ2) is 5.40. The second-order valence-corrected chi connectivity index (χ2v) is 3.91. The maximum Gasteiger partial charge on any atom is 0.168 e. The monoisotopic (exact) mass is 245 g/mol. The minimum Gasteiger partial charge on any atom is -0.487 e. The molecule has 0 fully saturated rings. The molecule has 0 radical (unpaired) electrons. The SMILES string of the molecule is Cc1cc(C=O)ncc1OCc1ccc(F)cc1. The maximum atomic E-state index is 12.7. The van der Waals surface area contributed by atoms with E-state index in [9.17, 15) is 9.18 Å². The molecule has 4 heteroatoms. The zero-order valence-corrected chi connectivity index (χ0v) is 9.89. The van der Waals surface area contributed by atoms with Crippen molar-refractivity contribution in [2.45, 2.75) is 13.5 Å². The average molecular weight is 245 g/mol. The molecule has 1 aromatic carbocycles. The molecule has 0 spiro atoms. The van der Waals surface area contributed by atoms with Crippen molar-refractivity contribution in [1.29, 1.82) is 0 Å². The van der Waals surface area contributed by atoms with E-state index in [2.05, 4.69) is 4.98 Å². The van der Waals surface area contributed by atoms with E-state index in [-0.39, 0.29) is 5.82 Å². The number of aromatic nitrogens is 1. The molecular weight excluding hydrogens is 233 g/mol. The number of rotatable bonds is 4. The predicted octanol–water partition coefficient (Wildman–Crippen LogP) is 2.92. The summed E-state index contributed by atoms with van der Waals surface area (Å²) in [4.78, 5) is 14.5. The van der Waals surface area contributed by atoms with Crippen LogP contribution in [-0.4, -0.2) is 11.3 Å². The van der Waals surface area contributed by atoms with Gasteiger partial charge in [-0.3, -0.25) is 4.79 Å². The number of pyridine rings is 1. The summed E-state index contributed by atoms with van der Waals surface area (Å²) < 4.78 is 18.3. The number of halogens is 1. The highest BCUT2D eigenvalue weighted by Crippen LogP contribution is 2.18. The van der Waals surface area contributed by atoms with Crippen molar-refractivity contribution in [3.05, 3.63) is 59.2 Å². The lowest BCUT2D eigenvalue weighted by atomic mass is 10.2. The van der Waals surface area contributed by atoms with Crippen LogP contribution in [0.2, 0.25) is 0 Å². The van der Waals surface area contributed by atoms with Crippen molar-refractivity contribution in [3.63, 3.8) is 0 Å². The van der Waals surface area contributed by atoms with Crippen LogP contribution in [0.1, 0.15) is 21.6 Å². The van der Waals surface area contributed by atoms with Gasteiger partial charge in [-0.1, -0.05) is 12.1 Å². The van der Waals surface area contributed by atoms with Gasteiger partial charge in [-0.2, -0.15) is 0 Å². The summed E-state index contributed by atoms with van der Waals surface area (Å²) in [6, 6.07) is 7.77. The number of hydrogen-bond donors (Lipinski definition) is 0. The Bertz CT molecular complexity index is 552. The van der Waals surface area contributed by atoms with E-state index in [1.165, 1.54) is 18.3 Å². The fourth-order valence-corrected chi connectivity index (χ4v) is 1.52. The number of carbonyl (C=O) groups excluding carboxylic acids is 1. The molecule has 2 aromatic rings. The van der Waals surface area contributed by atoms with Gasteiger partial charge in [-0.05, 0) is 36.2 Å². The Morgan fingerprint density at radius 2 is 2.06 bits per heavy atom. The number of ether oxygens (including phenoxy) is 1. The van der Waals surface area contributed by atoms with E-state index in [0.717, 1.165) is 11.1 Å². The smallest absolute Gasteiger partial charge is 0.168 e. The van der Waals surface area contributed by atoms with Gasteiger partial charge in [0.05, 0.1) is 6.20 Å². The number of aldehydes is 1. The van der Waals surface area contributed by atoms with Crippen molar-refractivity contribution in [3.8, 4) is 5.75 Å². The largest absolute Gasteiger partial charge is 0.487 e. The molecule has 0 unspecified atom stereocenters. The number of nitrogens with zero attached hydrogens (tertiary/aromatic N) is 1. The van der Waals surface area contributed by atoms with Crippen molar-refractivity contribution in [1.82, 2.24) is 4.98 Å². The third kappa shape index (κ3) is 2.91. The van der Waals surface area contributed by atoms with Gasteiger partial charge >= 0.3 is 0 Å². The van der Waals surface area contributed by atoms with Crippen LogP contribution >= 0.6 is 0 Å². The lowest BCUT2D eigenvalue weighted by Gasteiger charge is -2.08. The van der Waals surface area contributed by atoms with Crippen LogP contribution < -0.4 is 4.74 Å². The molecule has 2 rings (SSSR count). The minimum atomic E-state index is -0.271. The molecule has 92 valence electrons. The number of aryl methyl sites for hydroxylation is 1. The Morgan fingerprint density at radius 1 is 1.33 bits per heavy atom. The van der Waals surface area contributed by atoms with Crippen molar-refractivity contribution >= 4 is 6.29 Å². The molecule has 0 aliphatic heterocycles. The molecule has 0 atom stereocenters. The van der Waals surface area contributed by atoms with Gasteiger partial charge in [0, 0.05) is 0 Å². The molecular formula is C14H12FNO2. The lowest BCUT2D eigenvalue weighted by Crippen LogP contribution is -1.99. The van der Waals surface area contributed by atoms with Crippen LogP contribution in [0.4, 0.5) is 4.39 Å². The average Bonchev–Trinajstić information content (AvgIpc) is 2.39. The summed E-state index contributed by atoms with van der Waals surface area (Å²) in [6.07, 6.45) is 2.21.